The molecule has 7 aliphatic rings. The number of ether oxygens (including phenoxy) is 3. The number of nitrogens with one attached hydrogen (secondary N) is 1. The number of carbonyl (C=O) groups excluding carboxylic acids is 3. The maximum Gasteiger partial charge on any atom is 0.348 e. The normalized spacial score (nSPS) is 36.8. The number of nitrogens with zero attached hydrogens (tertiary/aromatic N) is 1. The summed E-state index contributed by atoms with van der Waals surface area (Å²) < 4.78 is 19.7. The van der Waals surface area contributed by atoms with E-state index in [9.17, 15) is 24.6 Å². The highest BCUT2D eigenvalue weighted by Crippen LogP contribution is 2.68. The third kappa shape index (κ3) is 8.09. The number of benzene rings is 2. The van der Waals surface area contributed by atoms with E-state index in [0.29, 0.717) is 78.1 Å². The molecule has 4 aliphatic carbocycles. The second kappa shape index (κ2) is 18.2. The Morgan fingerprint density at radius 2 is 1.51 bits per heavy atom. The van der Waals surface area contributed by atoms with Crippen LogP contribution in [0.15, 0.2) is 60.7 Å². The highest BCUT2D eigenvalue weighted by molar-refractivity contribution is 5.86. The van der Waals surface area contributed by atoms with E-state index in [2.05, 4.69) is 26.1 Å². The molecule has 7 fully saturated rings. The molecule has 2 bridgehead atoms. The Balaban J connectivity index is 0.749. The summed E-state index contributed by atoms with van der Waals surface area (Å²) in [5.41, 5.74) is 0.00821. The number of fused-ring (bicyclic) bond motifs is 5. The molecule has 3 aliphatic heterocycles. The number of quaternary nitrogens is 1. The van der Waals surface area contributed by atoms with Crippen LogP contribution in [0.25, 0.3) is 0 Å². The highest BCUT2D eigenvalue weighted by atomic mass is 16.7. The number of esters is 2. The van der Waals surface area contributed by atoms with Crippen molar-refractivity contribution in [3.63, 3.8) is 0 Å². The number of rotatable bonds is 15. The SMILES string of the molecule is C[C@H](CCC(=O)NCCCC(=O)OCOC(C(=O)OC1CC2CCC1[N+]21CCCC1)(c1ccccc1)c1ccccc1)[C@H]1CC[C@H]2[C@@H]3[C@H](O)C[C@@H]4C[C@H](O)CC[C@]4(C)[C@H]3CC[C@]12C. The molecule has 10 heteroatoms. The number of hydrogen-bond acceptors (Lipinski definition) is 8. The summed E-state index contributed by atoms with van der Waals surface area (Å²) >= 11 is 0. The summed E-state index contributed by atoms with van der Waals surface area (Å²) in [4.78, 5) is 40.9. The third-order valence-electron chi connectivity index (χ3n) is 19.0. The lowest BCUT2D eigenvalue weighted by Crippen LogP contribution is -2.58. The van der Waals surface area contributed by atoms with Crippen LogP contribution in [0, 0.1) is 46.3 Å². The molecule has 63 heavy (non-hydrogen) atoms. The van der Waals surface area contributed by atoms with Gasteiger partial charge in [-0.25, -0.2) is 4.79 Å². The first kappa shape index (κ1) is 44.9. The van der Waals surface area contributed by atoms with Crippen LogP contribution >= 0.6 is 0 Å². The van der Waals surface area contributed by atoms with Gasteiger partial charge in [0.25, 0.3) is 0 Å². The van der Waals surface area contributed by atoms with Gasteiger partial charge < -0.3 is 34.2 Å². The van der Waals surface area contributed by atoms with Gasteiger partial charge in [-0.2, -0.15) is 0 Å². The second-order valence-corrected chi connectivity index (χ2v) is 21.8. The molecular weight excluding hydrogens is 793 g/mol. The number of aliphatic hydroxyl groups excluding tert-OH is 2. The van der Waals surface area contributed by atoms with Gasteiger partial charge in [0, 0.05) is 51.5 Å². The van der Waals surface area contributed by atoms with E-state index in [1.165, 1.54) is 38.8 Å². The number of aliphatic hydroxyl groups is 2. The van der Waals surface area contributed by atoms with Gasteiger partial charge in [0.05, 0.1) is 31.3 Å². The third-order valence-corrected chi connectivity index (χ3v) is 19.0. The van der Waals surface area contributed by atoms with Crippen molar-refractivity contribution in [1.29, 1.82) is 0 Å². The van der Waals surface area contributed by atoms with Crippen molar-refractivity contribution in [3.8, 4) is 0 Å². The maximum absolute atomic E-state index is 14.7. The second-order valence-electron chi connectivity index (χ2n) is 21.8. The summed E-state index contributed by atoms with van der Waals surface area (Å²) in [6, 6.07) is 19.6. The lowest BCUT2D eigenvalue weighted by atomic mass is 9.43. The van der Waals surface area contributed by atoms with E-state index in [1.54, 1.807) is 0 Å². The number of hydrogen-bond donors (Lipinski definition) is 3. The van der Waals surface area contributed by atoms with Crippen molar-refractivity contribution in [2.75, 3.05) is 26.4 Å². The van der Waals surface area contributed by atoms with Crippen molar-refractivity contribution in [1.82, 2.24) is 5.32 Å². The Hall–Kier alpha value is -3.31. The van der Waals surface area contributed by atoms with Crippen LogP contribution in [0.4, 0.5) is 0 Å². The predicted molar refractivity (Wildman–Crippen MR) is 239 cm³/mol. The first-order valence-electron chi connectivity index (χ1n) is 25.0. The van der Waals surface area contributed by atoms with E-state index in [-0.39, 0.29) is 41.5 Å². The van der Waals surface area contributed by atoms with Crippen molar-refractivity contribution in [3.05, 3.63) is 71.8 Å². The fourth-order valence-electron chi connectivity index (χ4n) is 15.9. The monoisotopic (exact) mass is 868 g/mol. The lowest BCUT2D eigenvalue weighted by molar-refractivity contribution is -0.938. The van der Waals surface area contributed by atoms with E-state index in [4.69, 9.17) is 14.2 Å². The molecular formula is C53H75N2O8+. The summed E-state index contributed by atoms with van der Waals surface area (Å²) in [5.74, 6) is 1.80. The van der Waals surface area contributed by atoms with Crippen LogP contribution < -0.4 is 5.32 Å². The zero-order chi connectivity index (χ0) is 44.0. The standard InChI is InChI=1S/C53H74N2O8/c1-35(41-20-21-42-49-43(25-27-52(41,42)3)51(2)26-24-40(56)31-38(51)32-45(49)57)18-23-47(58)54-28-12-17-48(59)61-34-62-53(36-13-6-4-7-14-36,37-15-8-5-9-16-37)50(60)63-46-33-39-19-22-44(46)55(39)29-10-11-30-55/h4-9,13-16,35,38-46,49,56-57H,10-12,17-34H2,1-3H3/p+1/t35-,38+,39?,40-,41-,42+,43+,44?,45-,46?,49+,51+,52-/m1/s1. The molecule has 4 saturated carbocycles. The molecule has 2 aromatic rings. The van der Waals surface area contributed by atoms with Crippen LogP contribution in [-0.4, -0.2) is 89.4 Å². The van der Waals surface area contributed by atoms with E-state index in [1.807, 2.05) is 60.7 Å². The molecule has 1 spiro atoms. The maximum atomic E-state index is 14.7. The molecule has 344 valence electrons. The minimum Gasteiger partial charge on any atom is -0.453 e. The molecule has 3 unspecified atom stereocenters. The van der Waals surface area contributed by atoms with E-state index in [0.717, 1.165) is 68.7 Å². The predicted octanol–water partition coefficient (Wildman–Crippen LogP) is 8.21. The molecule has 0 aromatic heterocycles. The Labute approximate surface area is 375 Å². The fourth-order valence-corrected chi connectivity index (χ4v) is 15.9. The first-order valence-corrected chi connectivity index (χ1v) is 25.0. The van der Waals surface area contributed by atoms with Crippen LogP contribution in [0.5, 0.6) is 0 Å². The zero-order valence-electron chi connectivity index (χ0n) is 38.3. The van der Waals surface area contributed by atoms with Gasteiger partial charge in [0.1, 0.15) is 6.04 Å². The fraction of sp³-hybridized carbons (Fsp3) is 0.717. The molecule has 1 amide bonds. The van der Waals surface area contributed by atoms with Gasteiger partial charge in [-0.05, 0) is 122 Å². The minimum absolute atomic E-state index is 0.00488. The Bertz CT molecular complexity index is 1880. The smallest absolute Gasteiger partial charge is 0.348 e. The summed E-state index contributed by atoms with van der Waals surface area (Å²) in [6.45, 7) is 9.55. The van der Waals surface area contributed by atoms with E-state index >= 15 is 0 Å². The molecule has 13 atom stereocenters. The average Bonchev–Trinajstić information content (AvgIpc) is 4.07. The Kier molecular flexibility index (Phi) is 12.9. The molecule has 2 aromatic carbocycles. The molecule has 3 saturated heterocycles. The van der Waals surface area contributed by atoms with Crippen molar-refractivity contribution < 1.29 is 43.3 Å². The average molecular weight is 868 g/mol. The molecule has 9 rings (SSSR count). The number of amides is 1. The van der Waals surface area contributed by atoms with Gasteiger partial charge in [-0.3, -0.25) is 9.59 Å². The Morgan fingerprint density at radius 1 is 0.825 bits per heavy atom. The molecule has 3 N–H and O–H groups in total. The quantitative estimate of drug-likeness (QED) is 0.0707. The lowest BCUT2D eigenvalue weighted by Gasteiger charge is -2.62. The summed E-state index contributed by atoms with van der Waals surface area (Å²) in [7, 11) is 0. The van der Waals surface area contributed by atoms with Crippen LogP contribution in [0.3, 0.4) is 0 Å². The largest absolute Gasteiger partial charge is 0.453 e. The Morgan fingerprint density at radius 3 is 2.22 bits per heavy atom. The topological polar surface area (TPSA) is 131 Å². The minimum atomic E-state index is -1.62. The molecule has 0 radical (unpaired) electrons. The van der Waals surface area contributed by atoms with Gasteiger partial charge >= 0.3 is 11.9 Å². The van der Waals surface area contributed by atoms with Gasteiger partial charge in [-0.1, -0.05) is 81.4 Å². The zero-order valence-corrected chi connectivity index (χ0v) is 38.3. The van der Waals surface area contributed by atoms with Gasteiger partial charge in [-0.15, -0.1) is 0 Å². The number of carbonyl (C=O) groups is 3. The van der Waals surface area contributed by atoms with Crippen molar-refractivity contribution in [2.24, 2.45) is 46.3 Å². The van der Waals surface area contributed by atoms with Crippen LogP contribution in [0.1, 0.15) is 141 Å². The van der Waals surface area contributed by atoms with Gasteiger partial charge in [0.2, 0.25) is 11.5 Å². The molecule has 3 heterocycles. The van der Waals surface area contributed by atoms with Gasteiger partial charge in [0.15, 0.2) is 12.9 Å². The highest BCUT2D eigenvalue weighted by Gasteiger charge is 2.64. The summed E-state index contributed by atoms with van der Waals surface area (Å²) in [5, 5.41) is 25.1. The first-order chi connectivity index (χ1) is 30.4. The van der Waals surface area contributed by atoms with Crippen LogP contribution in [-0.2, 0) is 34.2 Å². The van der Waals surface area contributed by atoms with E-state index < -0.39 is 24.3 Å². The van der Waals surface area contributed by atoms with Crippen molar-refractivity contribution in [2.45, 2.75) is 166 Å². The molecule has 10 nitrogen and oxygen atoms in total. The van der Waals surface area contributed by atoms with Crippen LogP contribution in [0.2, 0.25) is 0 Å². The summed E-state index contributed by atoms with van der Waals surface area (Å²) in [6.07, 6.45) is 15.0. The van der Waals surface area contributed by atoms with Crippen molar-refractivity contribution >= 4 is 17.8 Å².